The second kappa shape index (κ2) is 4.35. The van der Waals surface area contributed by atoms with E-state index in [0.717, 1.165) is 29.8 Å². The van der Waals surface area contributed by atoms with E-state index >= 15 is 0 Å². The number of aromatic nitrogens is 1. The molecule has 17 heavy (non-hydrogen) atoms. The maximum atomic E-state index is 10.8. The van der Waals surface area contributed by atoms with Crippen molar-refractivity contribution in [1.29, 1.82) is 0 Å². The second-order valence-electron chi connectivity index (χ2n) is 5.02. The minimum atomic E-state index is -0.925. The van der Waals surface area contributed by atoms with E-state index in [4.69, 9.17) is 5.11 Å². The summed E-state index contributed by atoms with van der Waals surface area (Å²) < 4.78 is 0. The van der Waals surface area contributed by atoms with Gasteiger partial charge in [-0.2, -0.15) is 0 Å². The molecule has 0 bridgehead atoms. The lowest BCUT2D eigenvalue weighted by Gasteiger charge is -2.20. The quantitative estimate of drug-likeness (QED) is 0.867. The van der Waals surface area contributed by atoms with Gasteiger partial charge < -0.3 is 10.0 Å². The minimum absolute atomic E-state index is 0.249. The van der Waals surface area contributed by atoms with Crippen LogP contribution in [0.2, 0.25) is 0 Å². The molecule has 0 spiro atoms. The van der Waals surface area contributed by atoms with Crippen LogP contribution in [-0.4, -0.2) is 29.7 Å². The van der Waals surface area contributed by atoms with E-state index < -0.39 is 5.97 Å². The molecule has 0 aromatic carbocycles. The molecule has 4 nitrogen and oxygen atoms in total. The molecule has 0 radical (unpaired) electrons. The lowest BCUT2D eigenvalue weighted by atomic mass is 10.2. The highest BCUT2D eigenvalue weighted by Crippen LogP contribution is 2.38. The van der Waals surface area contributed by atoms with Crippen LogP contribution in [0.3, 0.4) is 0 Å². The van der Waals surface area contributed by atoms with Gasteiger partial charge in [-0.25, -0.2) is 9.78 Å². The Morgan fingerprint density at radius 1 is 1.65 bits per heavy atom. The Hall–Kier alpha value is -1.58. The summed E-state index contributed by atoms with van der Waals surface area (Å²) in [4.78, 5) is 17.2. The summed E-state index contributed by atoms with van der Waals surface area (Å²) in [5, 5.41) is 8.88. The molecule has 92 valence electrons. The molecular weight excluding hydrogens is 216 g/mol. The summed E-state index contributed by atoms with van der Waals surface area (Å²) in [5.74, 6) is 1.54. The Labute approximate surface area is 101 Å². The predicted molar refractivity (Wildman–Crippen MR) is 66.5 cm³/mol. The number of carbonyl (C=O) groups is 1. The zero-order valence-corrected chi connectivity index (χ0v) is 10.5. The number of hydrogen-bond acceptors (Lipinski definition) is 3. The molecule has 1 fully saturated rings. The van der Waals surface area contributed by atoms with Crippen molar-refractivity contribution in [2.75, 3.05) is 18.5 Å². The van der Waals surface area contributed by atoms with Crippen LogP contribution in [0.5, 0.6) is 0 Å². The van der Waals surface area contributed by atoms with E-state index in [1.807, 2.05) is 14.0 Å². The fourth-order valence-corrected chi connectivity index (χ4v) is 2.18. The molecular formula is C13H18N2O2. The smallest absolute Gasteiger partial charge is 0.337 e. The highest BCUT2D eigenvalue weighted by molar-refractivity contribution is 5.87. The minimum Gasteiger partial charge on any atom is -0.478 e. The van der Waals surface area contributed by atoms with Gasteiger partial charge in [-0.3, -0.25) is 0 Å². The molecule has 1 saturated carbocycles. The van der Waals surface area contributed by atoms with Crippen molar-refractivity contribution in [2.24, 2.45) is 11.8 Å². The van der Waals surface area contributed by atoms with E-state index in [1.54, 1.807) is 6.07 Å². The van der Waals surface area contributed by atoms with Crippen LogP contribution in [0.1, 0.15) is 29.3 Å². The molecule has 4 heteroatoms. The summed E-state index contributed by atoms with van der Waals surface area (Å²) in [6, 6.07) is 1.68. The van der Waals surface area contributed by atoms with Crippen molar-refractivity contribution in [3.63, 3.8) is 0 Å². The summed E-state index contributed by atoms with van der Waals surface area (Å²) in [5.41, 5.74) is 1.17. The molecule has 1 aromatic heterocycles. The molecule has 1 aliphatic rings. The average Bonchev–Trinajstić information content (AvgIpc) is 2.93. The Kier molecular flexibility index (Phi) is 3.05. The van der Waals surface area contributed by atoms with Gasteiger partial charge >= 0.3 is 5.97 Å². The number of pyridine rings is 1. The Balaban J connectivity index is 2.12. The zero-order valence-electron chi connectivity index (χ0n) is 10.5. The number of aromatic carboxylic acids is 1. The number of carboxylic acids is 1. The van der Waals surface area contributed by atoms with Gasteiger partial charge in [0.1, 0.15) is 5.82 Å². The predicted octanol–water partition coefficient (Wildman–Crippen LogP) is 2.18. The second-order valence-corrected chi connectivity index (χ2v) is 5.02. The van der Waals surface area contributed by atoms with Crippen LogP contribution in [0, 0.1) is 18.8 Å². The van der Waals surface area contributed by atoms with Crippen LogP contribution in [0.25, 0.3) is 0 Å². The molecule has 2 unspecified atom stereocenters. The number of nitrogens with zero attached hydrogens (tertiary/aromatic N) is 2. The number of carboxylic acid groups (broad SMARTS) is 1. The van der Waals surface area contributed by atoms with Crippen LogP contribution in [0.15, 0.2) is 12.3 Å². The van der Waals surface area contributed by atoms with Gasteiger partial charge in [-0.15, -0.1) is 0 Å². The summed E-state index contributed by atoms with van der Waals surface area (Å²) >= 11 is 0. The lowest BCUT2D eigenvalue weighted by molar-refractivity contribution is 0.0696. The monoisotopic (exact) mass is 234 g/mol. The van der Waals surface area contributed by atoms with Gasteiger partial charge in [0.15, 0.2) is 0 Å². The molecule has 0 saturated heterocycles. The molecule has 1 N–H and O–H groups in total. The Morgan fingerprint density at radius 2 is 2.29 bits per heavy atom. The average molecular weight is 234 g/mol. The number of rotatable bonds is 4. The first-order valence-electron chi connectivity index (χ1n) is 5.90. The molecule has 1 aliphatic carbocycles. The molecule has 0 amide bonds. The fourth-order valence-electron chi connectivity index (χ4n) is 2.18. The van der Waals surface area contributed by atoms with Gasteiger partial charge in [-0.1, -0.05) is 6.92 Å². The third-order valence-corrected chi connectivity index (χ3v) is 3.44. The Morgan fingerprint density at radius 3 is 2.76 bits per heavy atom. The van der Waals surface area contributed by atoms with Crippen molar-refractivity contribution in [1.82, 2.24) is 4.98 Å². The van der Waals surface area contributed by atoms with Crippen molar-refractivity contribution in [3.8, 4) is 0 Å². The fraction of sp³-hybridized carbons (Fsp3) is 0.538. The molecule has 2 rings (SSSR count). The molecule has 1 aromatic rings. The largest absolute Gasteiger partial charge is 0.478 e. The topological polar surface area (TPSA) is 53.4 Å². The first-order chi connectivity index (χ1) is 7.99. The maximum absolute atomic E-state index is 10.8. The summed E-state index contributed by atoms with van der Waals surface area (Å²) in [7, 11) is 2.01. The standard InChI is InChI=1S/C13H18N2O2/c1-8-4-11(8)7-15(3)12-9(2)5-10(6-14-12)13(16)17/h5-6,8,11H,4,7H2,1-3H3,(H,16,17). The van der Waals surface area contributed by atoms with Crippen molar-refractivity contribution in [3.05, 3.63) is 23.4 Å². The van der Waals surface area contributed by atoms with Gasteiger partial charge in [0, 0.05) is 19.8 Å². The number of hydrogen-bond donors (Lipinski definition) is 1. The van der Waals surface area contributed by atoms with Crippen molar-refractivity contribution >= 4 is 11.8 Å². The van der Waals surface area contributed by atoms with Gasteiger partial charge in [0.25, 0.3) is 0 Å². The number of anilines is 1. The third kappa shape index (κ3) is 2.57. The van der Waals surface area contributed by atoms with E-state index in [0.29, 0.717) is 0 Å². The molecule has 1 heterocycles. The maximum Gasteiger partial charge on any atom is 0.337 e. The SMILES string of the molecule is Cc1cc(C(=O)O)cnc1N(C)CC1CC1C. The van der Waals surface area contributed by atoms with Crippen LogP contribution < -0.4 is 4.90 Å². The highest BCUT2D eigenvalue weighted by atomic mass is 16.4. The number of aryl methyl sites for hydroxylation is 1. The zero-order chi connectivity index (χ0) is 12.6. The van der Waals surface area contributed by atoms with Gasteiger partial charge in [0.2, 0.25) is 0 Å². The lowest BCUT2D eigenvalue weighted by Crippen LogP contribution is -2.22. The molecule has 0 aliphatic heterocycles. The Bertz CT molecular complexity index is 445. The van der Waals surface area contributed by atoms with Crippen molar-refractivity contribution in [2.45, 2.75) is 20.3 Å². The van der Waals surface area contributed by atoms with Gasteiger partial charge in [-0.05, 0) is 36.8 Å². The van der Waals surface area contributed by atoms with Crippen molar-refractivity contribution < 1.29 is 9.90 Å². The summed E-state index contributed by atoms with van der Waals surface area (Å²) in [6.45, 7) is 5.16. The van der Waals surface area contributed by atoms with Crippen LogP contribution in [-0.2, 0) is 0 Å². The third-order valence-electron chi connectivity index (χ3n) is 3.44. The first-order valence-corrected chi connectivity index (χ1v) is 5.90. The summed E-state index contributed by atoms with van der Waals surface area (Å²) in [6.07, 6.45) is 2.72. The first kappa shape index (κ1) is 11.9. The van der Waals surface area contributed by atoms with E-state index in [1.165, 1.54) is 12.6 Å². The highest BCUT2D eigenvalue weighted by Gasteiger charge is 2.33. The van der Waals surface area contributed by atoms with E-state index in [2.05, 4.69) is 16.8 Å². The van der Waals surface area contributed by atoms with E-state index in [9.17, 15) is 4.79 Å². The van der Waals surface area contributed by atoms with Crippen LogP contribution >= 0.6 is 0 Å². The van der Waals surface area contributed by atoms with Gasteiger partial charge in [0.05, 0.1) is 5.56 Å². The van der Waals surface area contributed by atoms with E-state index in [-0.39, 0.29) is 5.56 Å². The van der Waals surface area contributed by atoms with Crippen LogP contribution in [0.4, 0.5) is 5.82 Å². The normalized spacial score (nSPS) is 22.3. The molecule has 2 atom stereocenters.